The number of amides is 1. The predicted octanol–water partition coefficient (Wildman–Crippen LogP) is 1.62. The average molecular weight is 357 g/mol. The highest BCUT2D eigenvalue weighted by atomic mass is 16.5. The van der Waals surface area contributed by atoms with E-state index in [1.165, 1.54) is 18.6 Å². The number of ether oxygens (including phenoxy) is 3. The van der Waals surface area contributed by atoms with Gasteiger partial charge in [-0.15, -0.1) is 0 Å². The van der Waals surface area contributed by atoms with Crippen LogP contribution in [0.2, 0.25) is 0 Å². The molecule has 2 unspecified atom stereocenters. The highest BCUT2D eigenvalue weighted by Crippen LogP contribution is 2.36. The fourth-order valence-corrected chi connectivity index (χ4v) is 2.92. The fourth-order valence-electron chi connectivity index (χ4n) is 2.92. The summed E-state index contributed by atoms with van der Waals surface area (Å²) in [4.78, 5) is 34.0. The van der Waals surface area contributed by atoms with Crippen molar-refractivity contribution in [2.45, 2.75) is 18.6 Å². The number of methoxy groups -OCH3 is 2. The molecule has 1 aliphatic rings. The van der Waals surface area contributed by atoms with E-state index in [-0.39, 0.29) is 17.6 Å². The number of likely N-dealkylation sites (tertiary alicyclic amines) is 1. The van der Waals surface area contributed by atoms with Crippen LogP contribution >= 0.6 is 0 Å². The average Bonchev–Trinajstić information content (AvgIpc) is 2.96. The van der Waals surface area contributed by atoms with Gasteiger partial charge in [-0.2, -0.15) is 0 Å². The maximum absolute atomic E-state index is 12.5. The number of likely N-dealkylation sites (N-methyl/N-ethyl adjacent to an activating group) is 1. The van der Waals surface area contributed by atoms with Gasteiger partial charge >= 0.3 is 5.97 Å². The van der Waals surface area contributed by atoms with Crippen LogP contribution < -0.4 is 9.47 Å². The van der Waals surface area contributed by atoms with Crippen molar-refractivity contribution in [2.24, 2.45) is 0 Å². The van der Waals surface area contributed by atoms with Gasteiger partial charge in [-0.05, 0) is 17.7 Å². The second-order valence-electron chi connectivity index (χ2n) is 5.83. The van der Waals surface area contributed by atoms with Crippen LogP contribution in [-0.4, -0.2) is 54.1 Å². The number of nitrogens with zero attached hydrogens (tertiary/aromatic N) is 3. The third kappa shape index (κ3) is 3.44. The molecule has 0 aliphatic carbocycles. The molecule has 0 bridgehead atoms. The largest absolute Gasteiger partial charge is 0.497 e. The molecule has 8 nitrogen and oxygen atoms in total. The van der Waals surface area contributed by atoms with E-state index in [2.05, 4.69) is 9.97 Å². The summed E-state index contributed by atoms with van der Waals surface area (Å²) in [6.45, 7) is 0. The van der Waals surface area contributed by atoms with E-state index in [0.29, 0.717) is 17.9 Å². The molecule has 2 aromatic rings. The Bertz CT molecular complexity index is 789. The first kappa shape index (κ1) is 17.7. The van der Waals surface area contributed by atoms with E-state index in [4.69, 9.17) is 14.2 Å². The number of hydrogen-bond acceptors (Lipinski definition) is 7. The lowest BCUT2D eigenvalue weighted by Gasteiger charge is -2.20. The Hall–Kier alpha value is -3.16. The smallest absolute Gasteiger partial charge is 0.359 e. The van der Waals surface area contributed by atoms with Crippen LogP contribution in [0.3, 0.4) is 0 Å². The van der Waals surface area contributed by atoms with Gasteiger partial charge in [0.1, 0.15) is 11.5 Å². The fraction of sp³-hybridized carbons (Fsp3) is 0.333. The zero-order chi connectivity index (χ0) is 18.7. The van der Waals surface area contributed by atoms with Crippen molar-refractivity contribution in [3.05, 3.63) is 48.0 Å². The Morgan fingerprint density at radius 1 is 1.15 bits per heavy atom. The molecular weight excluding hydrogens is 338 g/mol. The van der Waals surface area contributed by atoms with Crippen molar-refractivity contribution in [1.29, 1.82) is 0 Å². The maximum atomic E-state index is 12.5. The second-order valence-corrected chi connectivity index (χ2v) is 5.83. The Morgan fingerprint density at radius 3 is 2.42 bits per heavy atom. The minimum Gasteiger partial charge on any atom is -0.497 e. The third-order valence-corrected chi connectivity index (χ3v) is 4.31. The van der Waals surface area contributed by atoms with Gasteiger partial charge in [0.2, 0.25) is 0 Å². The van der Waals surface area contributed by atoms with Crippen LogP contribution in [0.4, 0.5) is 0 Å². The first-order valence-corrected chi connectivity index (χ1v) is 8.00. The monoisotopic (exact) mass is 357 g/mol. The number of carbonyl (C=O) groups excluding carboxylic acids is 2. The molecular formula is C18H19N3O5. The lowest BCUT2D eigenvalue weighted by atomic mass is 10.0. The number of aromatic nitrogens is 2. The molecule has 0 N–H and O–H groups in total. The number of hydrogen-bond donors (Lipinski definition) is 0. The quantitative estimate of drug-likeness (QED) is 0.751. The molecule has 3 rings (SSSR count). The lowest BCUT2D eigenvalue weighted by molar-refractivity contribution is -0.134. The molecule has 2 heterocycles. The standard InChI is InChI=1S/C18H19N3O5/c1-21-15(11-6-12(24-2)8-13(7-11)25-3)9-16(17(21)22)26-18(23)14-10-19-4-5-20-14/h4-8,10,15-16H,9H2,1-3H3. The van der Waals surface area contributed by atoms with Crippen molar-refractivity contribution >= 4 is 11.9 Å². The van der Waals surface area contributed by atoms with Crippen LogP contribution in [0.5, 0.6) is 11.5 Å². The van der Waals surface area contributed by atoms with Gasteiger partial charge < -0.3 is 19.1 Å². The van der Waals surface area contributed by atoms with Gasteiger partial charge in [-0.3, -0.25) is 9.78 Å². The van der Waals surface area contributed by atoms with E-state index >= 15 is 0 Å². The van der Waals surface area contributed by atoms with Crippen LogP contribution in [0, 0.1) is 0 Å². The molecule has 26 heavy (non-hydrogen) atoms. The van der Waals surface area contributed by atoms with E-state index in [1.807, 2.05) is 12.1 Å². The molecule has 8 heteroatoms. The predicted molar refractivity (Wildman–Crippen MR) is 90.9 cm³/mol. The topological polar surface area (TPSA) is 90.9 Å². The van der Waals surface area contributed by atoms with Gasteiger partial charge in [0.15, 0.2) is 11.8 Å². The Balaban J connectivity index is 1.80. The van der Waals surface area contributed by atoms with Crippen LogP contribution in [0.15, 0.2) is 36.8 Å². The van der Waals surface area contributed by atoms with Crippen molar-refractivity contribution in [1.82, 2.24) is 14.9 Å². The first-order chi connectivity index (χ1) is 12.5. The molecule has 0 spiro atoms. The normalized spacial score (nSPS) is 19.3. The summed E-state index contributed by atoms with van der Waals surface area (Å²) in [7, 11) is 4.80. The highest BCUT2D eigenvalue weighted by Gasteiger charge is 2.41. The summed E-state index contributed by atoms with van der Waals surface area (Å²) < 4.78 is 15.9. The van der Waals surface area contributed by atoms with Crippen LogP contribution in [0.25, 0.3) is 0 Å². The Kier molecular flexibility index (Phi) is 5.01. The minimum atomic E-state index is -0.878. The van der Waals surface area contributed by atoms with Gasteiger partial charge in [0, 0.05) is 31.9 Å². The molecule has 1 saturated heterocycles. The molecule has 1 aromatic heterocycles. The third-order valence-electron chi connectivity index (χ3n) is 4.31. The molecule has 0 radical (unpaired) electrons. The van der Waals surface area contributed by atoms with Gasteiger partial charge in [-0.1, -0.05) is 0 Å². The van der Waals surface area contributed by atoms with Crippen molar-refractivity contribution in [2.75, 3.05) is 21.3 Å². The van der Waals surface area contributed by atoms with Gasteiger partial charge in [-0.25, -0.2) is 9.78 Å². The number of esters is 1. The summed E-state index contributed by atoms with van der Waals surface area (Å²) in [5.74, 6) is 0.308. The van der Waals surface area contributed by atoms with Crippen molar-refractivity contribution < 1.29 is 23.8 Å². The number of carbonyl (C=O) groups is 2. The zero-order valence-corrected chi connectivity index (χ0v) is 14.7. The van der Waals surface area contributed by atoms with E-state index in [1.54, 1.807) is 32.2 Å². The Labute approximate surface area is 150 Å². The Morgan fingerprint density at radius 2 is 1.85 bits per heavy atom. The van der Waals surface area contributed by atoms with Crippen LogP contribution in [-0.2, 0) is 9.53 Å². The molecule has 2 atom stereocenters. The summed E-state index contributed by atoms with van der Waals surface area (Å²) in [6, 6.07) is 5.17. The van der Waals surface area contributed by atoms with Crippen molar-refractivity contribution in [3.8, 4) is 11.5 Å². The summed E-state index contributed by atoms with van der Waals surface area (Å²) >= 11 is 0. The SMILES string of the molecule is COc1cc(OC)cc(C2CC(OC(=O)c3cnccn3)C(=O)N2C)c1. The molecule has 1 fully saturated rings. The second kappa shape index (κ2) is 7.38. The molecule has 1 aliphatic heterocycles. The van der Waals surface area contributed by atoms with Crippen molar-refractivity contribution in [3.63, 3.8) is 0 Å². The molecule has 1 amide bonds. The number of rotatable bonds is 5. The molecule has 136 valence electrons. The summed E-state index contributed by atoms with van der Waals surface area (Å²) in [5.41, 5.74) is 0.907. The van der Waals surface area contributed by atoms with E-state index < -0.39 is 12.1 Å². The van der Waals surface area contributed by atoms with Gasteiger partial charge in [0.25, 0.3) is 5.91 Å². The van der Waals surface area contributed by atoms with Crippen LogP contribution in [0.1, 0.15) is 28.5 Å². The molecule has 1 aromatic carbocycles. The first-order valence-electron chi connectivity index (χ1n) is 8.00. The molecule has 0 saturated carbocycles. The zero-order valence-electron chi connectivity index (χ0n) is 14.7. The summed E-state index contributed by atoms with van der Waals surface area (Å²) in [6.07, 6.45) is 3.60. The minimum absolute atomic E-state index is 0.0643. The number of benzene rings is 1. The van der Waals surface area contributed by atoms with E-state index in [9.17, 15) is 9.59 Å². The van der Waals surface area contributed by atoms with E-state index in [0.717, 1.165) is 5.56 Å². The highest BCUT2D eigenvalue weighted by molar-refractivity contribution is 5.91. The van der Waals surface area contributed by atoms with Gasteiger partial charge in [0.05, 0.1) is 26.5 Å². The summed E-state index contributed by atoms with van der Waals surface area (Å²) in [5, 5.41) is 0. The maximum Gasteiger partial charge on any atom is 0.359 e. The lowest BCUT2D eigenvalue weighted by Crippen LogP contribution is -2.30.